The highest BCUT2D eigenvalue weighted by molar-refractivity contribution is 5.88. The molecule has 2 aliphatic rings. The number of aliphatic hydroxyl groups is 1. The number of aromatic nitrogens is 3. The number of morpholine rings is 1. The van der Waals surface area contributed by atoms with Crippen LogP contribution in [0.5, 0.6) is 0 Å². The van der Waals surface area contributed by atoms with Gasteiger partial charge in [0.1, 0.15) is 5.60 Å². The molecule has 28 heavy (non-hydrogen) atoms. The highest BCUT2D eigenvalue weighted by Gasteiger charge is 2.46. The fourth-order valence-corrected chi connectivity index (χ4v) is 4.63. The zero-order valence-corrected chi connectivity index (χ0v) is 15.8. The normalized spacial score (nSPS) is 26.6. The number of hydrogen-bond acceptors (Lipinski definition) is 6. The van der Waals surface area contributed by atoms with Gasteiger partial charge in [-0.15, -0.1) is 0 Å². The predicted molar refractivity (Wildman–Crippen MR) is 107 cm³/mol. The molecule has 2 fully saturated rings. The van der Waals surface area contributed by atoms with Gasteiger partial charge in [-0.05, 0) is 18.1 Å². The smallest absolute Gasteiger partial charge is 0.157 e. The number of ether oxygens (including phenoxy) is 1. The van der Waals surface area contributed by atoms with Crippen molar-refractivity contribution in [2.45, 2.75) is 18.1 Å². The molecule has 0 saturated carbocycles. The van der Waals surface area contributed by atoms with Gasteiger partial charge in [0.25, 0.3) is 0 Å². The van der Waals surface area contributed by atoms with E-state index in [1.54, 1.807) is 0 Å². The maximum Gasteiger partial charge on any atom is 0.157 e. The Morgan fingerprint density at radius 3 is 2.75 bits per heavy atom. The summed E-state index contributed by atoms with van der Waals surface area (Å²) in [5, 5.41) is 20.0. The van der Waals surface area contributed by atoms with Crippen LogP contribution in [0.2, 0.25) is 0 Å². The molecule has 7 heteroatoms. The molecule has 2 aliphatic heterocycles. The summed E-state index contributed by atoms with van der Waals surface area (Å²) >= 11 is 0. The molecule has 1 aromatic carbocycles. The molecule has 146 valence electrons. The molecule has 3 aromatic rings. The lowest BCUT2D eigenvalue weighted by Gasteiger charge is -2.50. The third kappa shape index (κ3) is 2.96. The van der Waals surface area contributed by atoms with Crippen molar-refractivity contribution in [3.8, 4) is 0 Å². The van der Waals surface area contributed by atoms with Gasteiger partial charge in [0.05, 0.1) is 36.5 Å². The zero-order chi connectivity index (χ0) is 19.0. The number of aromatic amines is 1. The van der Waals surface area contributed by atoms with E-state index in [0.29, 0.717) is 19.6 Å². The van der Waals surface area contributed by atoms with Crippen molar-refractivity contribution in [2.75, 3.05) is 44.3 Å². The molecule has 0 amide bonds. The first-order valence-corrected chi connectivity index (χ1v) is 9.88. The number of piperidine rings is 1. The maximum absolute atomic E-state index is 11.9. The number of fused-ring (bicyclic) bond motifs is 1. The van der Waals surface area contributed by atoms with E-state index in [-0.39, 0.29) is 6.04 Å². The second kappa shape index (κ2) is 7.16. The minimum absolute atomic E-state index is 0.0114. The number of nitrogens with zero attached hydrogens (tertiary/aromatic N) is 4. The minimum atomic E-state index is -0.877. The van der Waals surface area contributed by atoms with Crippen LogP contribution in [-0.4, -0.2) is 70.6 Å². The van der Waals surface area contributed by atoms with Crippen LogP contribution < -0.4 is 4.90 Å². The van der Waals surface area contributed by atoms with E-state index < -0.39 is 5.60 Å². The van der Waals surface area contributed by atoms with Crippen LogP contribution in [0.1, 0.15) is 12.0 Å². The van der Waals surface area contributed by atoms with Crippen LogP contribution in [-0.2, 0) is 10.3 Å². The molecule has 0 bridgehead atoms. The third-order valence-electron chi connectivity index (χ3n) is 6.14. The largest absolute Gasteiger partial charge is 0.383 e. The second-order valence-corrected chi connectivity index (χ2v) is 7.61. The summed E-state index contributed by atoms with van der Waals surface area (Å²) in [6.45, 7) is 4.62. The van der Waals surface area contributed by atoms with E-state index >= 15 is 0 Å². The molecule has 2 aromatic heterocycles. The summed E-state index contributed by atoms with van der Waals surface area (Å²) in [7, 11) is 0. The standard InChI is InChI=1S/C21H25N5O2/c27-21(16-4-2-1-3-5-16)7-9-26(15-19(21)25-10-12-28-13-11-25)18-6-8-22-20-17(18)14-23-24-20/h1-6,8,14,19,27H,7,9-13,15H2,(H,22,23,24)/t19-,21+/m1/s1. The Balaban J connectivity index is 1.51. The Bertz CT molecular complexity index is 940. The molecule has 2 N–H and O–H groups in total. The molecule has 0 unspecified atom stereocenters. The van der Waals surface area contributed by atoms with E-state index in [1.807, 2.05) is 48.8 Å². The maximum atomic E-state index is 11.9. The van der Waals surface area contributed by atoms with Crippen molar-refractivity contribution in [3.63, 3.8) is 0 Å². The van der Waals surface area contributed by atoms with E-state index in [9.17, 15) is 5.11 Å². The van der Waals surface area contributed by atoms with Gasteiger partial charge in [-0.1, -0.05) is 30.3 Å². The Morgan fingerprint density at radius 1 is 1.11 bits per heavy atom. The fraction of sp³-hybridized carbons (Fsp3) is 0.429. The summed E-state index contributed by atoms with van der Waals surface area (Å²) in [4.78, 5) is 9.10. The van der Waals surface area contributed by atoms with Gasteiger partial charge in [-0.2, -0.15) is 5.10 Å². The van der Waals surface area contributed by atoms with Gasteiger partial charge < -0.3 is 14.7 Å². The lowest BCUT2D eigenvalue weighted by atomic mass is 9.79. The zero-order valence-electron chi connectivity index (χ0n) is 15.8. The molecular weight excluding hydrogens is 354 g/mol. The highest BCUT2D eigenvalue weighted by atomic mass is 16.5. The van der Waals surface area contributed by atoms with E-state index in [4.69, 9.17) is 4.74 Å². The van der Waals surface area contributed by atoms with Gasteiger partial charge in [0.2, 0.25) is 0 Å². The van der Waals surface area contributed by atoms with Crippen molar-refractivity contribution in [1.29, 1.82) is 0 Å². The monoisotopic (exact) mass is 379 g/mol. The molecule has 4 heterocycles. The van der Waals surface area contributed by atoms with Crippen LogP contribution >= 0.6 is 0 Å². The lowest BCUT2D eigenvalue weighted by Crippen LogP contribution is -2.62. The topological polar surface area (TPSA) is 77.5 Å². The molecule has 0 aliphatic carbocycles. The van der Waals surface area contributed by atoms with Crippen molar-refractivity contribution < 1.29 is 9.84 Å². The molecule has 0 spiro atoms. The molecule has 5 rings (SSSR count). The number of benzene rings is 1. The van der Waals surface area contributed by atoms with Gasteiger partial charge in [0, 0.05) is 32.4 Å². The number of nitrogens with one attached hydrogen (secondary N) is 1. The first-order chi connectivity index (χ1) is 13.8. The van der Waals surface area contributed by atoms with E-state index in [1.165, 1.54) is 0 Å². The fourth-order valence-electron chi connectivity index (χ4n) is 4.63. The van der Waals surface area contributed by atoms with Gasteiger partial charge >= 0.3 is 0 Å². The third-order valence-corrected chi connectivity index (χ3v) is 6.14. The lowest BCUT2D eigenvalue weighted by molar-refractivity contribution is -0.0910. The summed E-state index contributed by atoms with van der Waals surface area (Å²) in [5.41, 5.74) is 2.03. The van der Waals surface area contributed by atoms with Crippen molar-refractivity contribution in [2.24, 2.45) is 0 Å². The Labute approximate surface area is 163 Å². The summed E-state index contributed by atoms with van der Waals surface area (Å²) < 4.78 is 5.57. The van der Waals surface area contributed by atoms with Crippen molar-refractivity contribution in [1.82, 2.24) is 20.1 Å². The van der Waals surface area contributed by atoms with Crippen LogP contribution in [0.4, 0.5) is 5.69 Å². The van der Waals surface area contributed by atoms with Crippen molar-refractivity contribution >= 4 is 16.7 Å². The van der Waals surface area contributed by atoms with Crippen LogP contribution in [0.3, 0.4) is 0 Å². The van der Waals surface area contributed by atoms with Crippen molar-refractivity contribution in [3.05, 3.63) is 54.4 Å². The first kappa shape index (κ1) is 17.6. The van der Waals surface area contributed by atoms with Crippen LogP contribution in [0, 0.1) is 0 Å². The second-order valence-electron chi connectivity index (χ2n) is 7.61. The number of pyridine rings is 1. The first-order valence-electron chi connectivity index (χ1n) is 9.88. The summed E-state index contributed by atoms with van der Waals surface area (Å²) in [5.74, 6) is 0. The summed E-state index contributed by atoms with van der Waals surface area (Å²) in [6.07, 6.45) is 4.32. The number of H-pyrrole nitrogens is 1. The Kier molecular flexibility index (Phi) is 4.50. The van der Waals surface area contributed by atoms with E-state index in [2.05, 4.69) is 25.0 Å². The summed E-state index contributed by atoms with van der Waals surface area (Å²) in [6, 6.07) is 12.1. The Hall–Kier alpha value is -2.48. The van der Waals surface area contributed by atoms with Gasteiger partial charge in [0.15, 0.2) is 5.65 Å². The highest BCUT2D eigenvalue weighted by Crippen LogP contribution is 2.38. The molecule has 2 atom stereocenters. The number of anilines is 1. The average Bonchev–Trinajstić information content (AvgIpc) is 3.24. The van der Waals surface area contributed by atoms with Gasteiger partial charge in [-0.25, -0.2) is 4.98 Å². The predicted octanol–water partition coefficient (Wildman–Crippen LogP) is 1.76. The molecular formula is C21H25N5O2. The number of rotatable bonds is 3. The van der Waals surface area contributed by atoms with Crippen LogP contribution in [0.25, 0.3) is 11.0 Å². The quantitative estimate of drug-likeness (QED) is 0.722. The SMILES string of the molecule is O[C@]1(c2ccccc2)CCN(c2ccnc3[nH]ncc23)C[C@H]1N1CCOCC1. The average molecular weight is 379 g/mol. The van der Waals surface area contributed by atoms with Gasteiger partial charge in [-0.3, -0.25) is 10.00 Å². The van der Waals surface area contributed by atoms with E-state index in [0.717, 1.165) is 48.5 Å². The van der Waals surface area contributed by atoms with Crippen LogP contribution in [0.15, 0.2) is 48.8 Å². The molecule has 2 saturated heterocycles. The molecule has 7 nitrogen and oxygen atoms in total. The minimum Gasteiger partial charge on any atom is -0.383 e. The Morgan fingerprint density at radius 2 is 1.93 bits per heavy atom. The number of hydrogen-bond donors (Lipinski definition) is 2. The molecule has 0 radical (unpaired) electrons.